The molecule has 4 heteroatoms. The molecule has 1 saturated carbocycles. The fraction of sp³-hybridized carbons (Fsp3) is 0.462. The van der Waals surface area contributed by atoms with E-state index in [0.29, 0.717) is 17.9 Å². The highest BCUT2D eigenvalue weighted by Crippen LogP contribution is 2.20. The third kappa shape index (κ3) is 7.66. The summed E-state index contributed by atoms with van der Waals surface area (Å²) in [5.74, 6) is 0.370. The number of para-hydroxylation sites is 1. The van der Waals surface area contributed by atoms with Gasteiger partial charge in [0.05, 0.1) is 5.56 Å². The van der Waals surface area contributed by atoms with Crippen LogP contribution in [0, 0.1) is 0 Å². The molecule has 0 heterocycles. The summed E-state index contributed by atoms with van der Waals surface area (Å²) in [5, 5.41) is 4.51. The maximum absolute atomic E-state index is 12.8. The van der Waals surface area contributed by atoms with Crippen LogP contribution in [0.2, 0.25) is 0 Å². The molecule has 1 N–H and O–H groups in total. The molecule has 0 radical (unpaired) electrons. The molecular formula is C26H34N2O2. The van der Waals surface area contributed by atoms with E-state index < -0.39 is 0 Å². The van der Waals surface area contributed by atoms with Crippen molar-refractivity contribution in [3.8, 4) is 5.75 Å². The molecule has 1 aliphatic carbocycles. The first-order valence-corrected chi connectivity index (χ1v) is 11.4. The number of amides is 1. The van der Waals surface area contributed by atoms with E-state index in [4.69, 9.17) is 4.74 Å². The number of ether oxygens (including phenoxy) is 1. The SMILES string of the molecule is O=C(NN=C1CCCCCCCCCCC1)c1ccccc1OCc1ccccc1. The van der Waals surface area contributed by atoms with Gasteiger partial charge in [-0.25, -0.2) is 5.43 Å². The highest BCUT2D eigenvalue weighted by molar-refractivity contribution is 5.97. The molecule has 0 aliphatic heterocycles. The second-order valence-electron chi connectivity index (χ2n) is 8.07. The molecule has 0 saturated heterocycles. The summed E-state index contributed by atoms with van der Waals surface area (Å²) in [6.07, 6.45) is 13.5. The van der Waals surface area contributed by atoms with E-state index in [0.717, 1.165) is 37.0 Å². The Hall–Kier alpha value is -2.62. The number of benzene rings is 2. The Morgan fingerprint density at radius 3 is 2.00 bits per heavy atom. The van der Waals surface area contributed by atoms with Crippen LogP contribution in [0.5, 0.6) is 5.75 Å². The first-order chi connectivity index (χ1) is 14.8. The molecule has 0 spiro atoms. The number of rotatable bonds is 5. The molecule has 0 aromatic heterocycles. The van der Waals surface area contributed by atoms with Gasteiger partial charge in [-0.15, -0.1) is 0 Å². The average Bonchev–Trinajstić information content (AvgIpc) is 2.78. The predicted molar refractivity (Wildman–Crippen MR) is 123 cm³/mol. The van der Waals surface area contributed by atoms with Gasteiger partial charge in [-0.1, -0.05) is 87.4 Å². The van der Waals surface area contributed by atoms with Crippen molar-refractivity contribution in [1.29, 1.82) is 0 Å². The van der Waals surface area contributed by atoms with E-state index >= 15 is 0 Å². The van der Waals surface area contributed by atoms with Crippen LogP contribution < -0.4 is 10.2 Å². The first-order valence-electron chi connectivity index (χ1n) is 11.4. The van der Waals surface area contributed by atoms with Gasteiger partial charge < -0.3 is 4.74 Å². The number of carbonyl (C=O) groups excluding carboxylic acids is 1. The fourth-order valence-electron chi connectivity index (χ4n) is 3.84. The van der Waals surface area contributed by atoms with Crippen molar-refractivity contribution in [3.05, 3.63) is 65.7 Å². The number of hydrogen-bond acceptors (Lipinski definition) is 3. The number of nitrogens with zero attached hydrogens (tertiary/aromatic N) is 1. The molecule has 0 unspecified atom stereocenters. The highest BCUT2D eigenvalue weighted by Gasteiger charge is 2.12. The maximum Gasteiger partial charge on any atom is 0.275 e. The zero-order valence-electron chi connectivity index (χ0n) is 17.9. The Balaban J connectivity index is 1.59. The van der Waals surface area contributed by atoms with Gasteiger partial charge in [0.25, 0.3) is 5.91 Å². The quantitative estimate of drug-likeness (QED) is 0.565. The molecule has 1 fully saturated rings. The molecule has 0 atom stereocenters. The Morgan fingerprint density at radius 1 is 0.767 bits per heavy atom. The van der Waals surface area contributed by atoms with Crippen molar-refractivity contribution in [2.24, 2.45) is 5.10 Å². The number of hydrogen-bond donors (Lipinski definition) is 1. The minimum atomic E-state index is -0.211. The van der Waals surface area contributed by atoms with Gasteiger partial charge in [0.1, 0.15) is 12.4 Å². The average molecular weight is 407 g/mol. The predicted octanol–water partition coefficient (Wildman–Crippen LogP) is 6.66. The van der Waals surface area contributed by atoms with Crippen LogP contribution in [0.4, 0.5) is 0 Å². The summed E-state index contributed by atoms with van der Waals surface area (Å²) in [4.78, 5) is 12.8. The lowest BCUT2D eigenvalue weighted by Crippen LogP contribution is -2.20. The Morgan fingerprint density at radius 2 is 1.33 bits per heavy atom. The van der Waals surface area contributed by atoms with Crippen molar-refractivity contribution >= 4 is 11.6 Å². The van der Waals surface area contributed by atoms with E-state index in [-0.39, 0.29) is 5.91 Å². The third-order valence-corrected chi connectivity index (χ3v) is 5.62. The molecule has 160 valence electrons. The van der Waals surface area contributed by atoms with Crippen molar-refractivity contribution in [3.63, 3.8) is 0 Å². The van der Waals surface area contributed by atoms with Gasteiger partial charge in [0.2, 0.25) is 0 Å². The third-order valence-electron chi connectivity index (χ3n) is 5.62. The molecule has 3 rings (SSSR count). The topological polar surface area (TPSA) is 50.7 Å². The Bertz CT molecular complexity index is 788. The molecule has 30 heavy (non-hydrogen) atoms. The van der Waals surface area contributed by atoms with E-state index in [1.54, 1.807) is 6.07 Å². The standard InChI is InChI=1S/C26H34N2O2/c29-26(28-27-23-17-11-6-4-2-1-3-5-7-12-18-23)24-19-13-14-20-25(24)30-21-22-15-9-8-10-16-22/h8-10,13-16,19-20H,1-7,11-12,17-18,21H2,(H,28,29). The monoisotopic (exact) mass is 406 g/mol. The van der Waals surface area contributed by atoms with Crippen molar-refractivity contribution < 1.29 is 9.53 Å². The van der Waals surface area contributed by atoms with Crippen molar-refractivity contribution in [2.75, 3.05) is 0 Å². The van der Waals surface area contributed by atoms with Crippen LogP contribution >= 0.6 is 0 Å². The number of nitrogens with one attached hydrogen (secondary N) is 1. The molecule has 4 nitrogen and oxygen atoms in total. The zero-order valence-corrected chi connectivity index (χ0v) is 17.9. The Labute approximate surface area is 180 Å². The summed E-state index contributed by atoms with van der Waals surface area (Å²) in [6, 6.07) is 17.3. The summed E-state index contributed by atoms with van der Waals surface area (Å²) in [5.41, 5.74) is 5.50. The fourth-order valence-corrected chi connectivity index (χ4v) is 3.84. The molecular weight excluding hydrogens is 372 g/mol. The molecule has 2 aromatic carbocycles. The molecule has 1 aliphatic rings. The summed E-state index contributed by atoms with van der Waals surface area (Å²) >= 11 is 0. The zero-order chi connectivity index (χ0) is 20.9. The molecule has 0 bridgehead atoms. The van der Waals surface area contributed by atoms with E-state index in [1.165, 1.54) is 44.9 Å². The van der Waals surface area contributed by atoms with Crippen molar-refractivity contribution in [1.82, 2.24) is 5.43 Å². The van der Waals surface area contributed by atoms with Crippen molar-refractivity contribution in [2.45, 2.75) is 77.2 Å². The normalized spacial score (nSPS) is 16.1. The molecule has 2 aromatic rings. The second kappa shape index (κ2) is 12.8. The van der Waals surface area contributed by atoms with Gasteiger partial charge in [0, 0.05) is 5.71 Å². The van der Waals surface area contributed by atoms with Crippen LogP contribution in [0.25, 0.3) is 0 Å². The van der Waals surface area contributed by atoms with Gasteiger partial charge >= 0.3 is 0 Å². The van der Waals surface area contributed by atoms with Gasteiger partial charge in [0.15, 0.2) is 0 Å². The lowest BCUT2D eigenvalue weighted by molar-refractivity contribution is 0.0950. The molecule has 1 amide bonds. The Kier molecular flexibility index (Phi) is 9.45. The largest absolute Gasteiger partial charge is 0.488 e. The van der Waals surface area contributed by atoms with E-state index in [2.05, 4.69) is 10.5 Å². The van der Waals surface area contributed by atoms with Gasteiger partial charge in [-0.05, 0) is 43.4 Å². The maximum atomic E-state index is 12.8. The highest BCUT2D eigenvalue weighted by atomic mass is 16.5. The summed E-state index contributed by atoms with van der Waals surface area (Å²) in [7, 11) is 0. The smallest absolute Gasteiger partial charge is 0.275 e. The lowest BCUT2D eigenvalue weighted by atomic mass is 10.00. The van der Waals surface area contributed by atoms with Crippen LogP contribution in [0.15, 0.2) is 59.7 Å². The minimum Gasteiger partial charge on any atom is -0.488 e. The summed E-state index contributed by atoms with van der Waals surface area (Å²) < 4.78 is 5.92. The minimum absolute atomic E-state index is 0.211. The lowest BCUT2D eigenvalue weighted by Gasteiger charge is -2.12. The van der Waals surface area contributed by atoms with Gasteiger partial charge in [-0.3, -0.25) is 4.79 Å². The van der Waals surface area contributed by atoms with Crippen LogP contribution in [-0.4, -0.2) is 11.6 Å². The number of hydrazone groups is 1. The van der Waals surface area contributed by atoms with Crippen LogP contribution in [-0.2, 0) is 6.61 Å². The summed E-state index contributed by atoms with van der Waals surface area (Å²) in [6.45, 7) is 0.430. The second-order valence-corrected chi connectivity index (χ2v) is 8.07. The van der Waals surface area contributed by atoms with Crippen LogP contribution in [0.1, 0.15) is 86.6 Å². The van der Waals surface area contributed by atoms with E-state index in [9.17, 15) is 4.79 Å². The first kappa shape index (κ1) is 22.1. The van der Waals surface area contributed by atoms with Gasteiger partial charge in [-0.2, -0.15) is 5.10 Å². The number of carbonyl (C=O) groups is 1. The van der Waals surface area contributed by atoms with Crippen LogP contribution in [0.3, 0.4) is 0 Å². The van der Waals surface area contributed by atoms with E-state index in [1.807, 2.05) is 48.5 Å².